The number of halogens is 1. The summed E-state index contributed by atoms with van der Waals surface area (Å²) in [6.45, 7) is 3.42. The number of piperazine rings is 1. The summed E-state index contributed by atoms with van der Waals surface area (Å²) < 4.78 is 1.82. The molecule has 0 unspecified atom stereocenters. The predicted molar refractivity (Wildman–Crippen MR) is 84.5 cm³/mol. The summed E-state index contributed by atoms with van der Waals surface area (Å²) in [4.78, 5) is 17.3. The van der Waals surface area contributed by atoms with E-state index in [9.17, 15) is 0 Å². The first-order valence-electron chi connectivity index (χ1n) is 7.08. The third-order valence-electron chi connectivity index (χ3n) is 3.75. The van der Waals surface area contributed by atoms with Crippen molar-refractivity contribution >= 4 is 29.0 Å². The van der Waals surface area contributed by atoms with Gasteiger partial charge in [-0.2, -0.15) is 9.61 Å². The molecule has 0 saturated carbocycles. The van der Waals surface area contributed by atoms with E-state index in [2.05, 4.69) is 29.9 Å². The SMILES string of the molecule is Clc1cc(N2CCN(c3ncccn3)CC2)n2nccc2n1. The molecule has 0 radical (unpaired) electrons. The van der Waals surface area contributed by atoms with Crippen LogP contribution < -0.4 is 9.80 Å². The summed E-state index contributed by atoms with van der Waals surface area (Å²) in [6, 6.07) is 5.53. The van der Waals surface area contributed by atoms with E-state index in [0.29, 0.717) is 5.15 Å². The fourth-order valence-electron chi connectivity index (χ4n) is 2.68. The van der Waals surface area contributed by atoms with Crippen molar-refractivity contribution < 1.29 is 0 Å². The molecule has 0 bridgehead atoms. The van der Waals surface area contributed by atoms with Crippen LogP contribution >= 0.6 is 11.6 Å². The molecule has 1 fully saturated rings. The van der Waals surface area contributed by atoms with Crippen LogP contribution in [0.25, 0.3) is 5.65 Å². The molecule has 22 heavy (non-hydrogen) atoms. The first kappa shape index (κ1) is 13.3. The Morgan fingerprint density at radius 2 is 1.68 bits per heavy atom. The lowest BCUT2D eigenvalue weighted by Crippen LogP contribution is -2.47. The first-order chi connectivity index (χ1) is 10.8. The molecular formula is C14H14ClN7. The van der Waals surface area contributed by atoms with Crippen LogP contribution in [0.3, 0.4) is 0 Å². The van der Waals surface area contributed by atoms with Gasteiger partial charge >= 0.3 is 0 Å². The monoisotopic (exact) mass is 315 g/mol. The van der Waals surface area contributed by atoms with Gasteiger partial charge in [0, 0.05) is 50.7 Å². The Kier molecular flexibility index (Phi) is 3.27. The third kappa shape index (κ3) is 2.33. The maximum absolute atomic E-state index is 6.12. The largest absolute Gasteiger partial charge is 0.353 e. The van der Waals surface area contributed by atoms with Gasteiger partial charge in [0.05, 0.1) is 6.20 Å². The number of nitrogens with zero attached hydrogens (tertiary/aromatic N) is 7. The third-order valence-corrected chi connectivity index (χ3v) is 3.94. The van der Waals surface area contributed by atoms with Crippen molar-refractivity contribution in [3.8, 4) is 0 Å². The standard InChI is InChI=1S/C14H14ClN7/c15-11-10-13(22-12(19-11)2-5-18-22)20-6-8-21(9-7-20)14-16-3-1-4-17-14/h1-5,10H,6-9H2. The van der Waals surface area contributed by atoms with E-state index >= 15 is 0 Å². The summed E-state index contributed by atoms with van der Waals surface area (Å²) in [6.07, 6.45) is 5.27. The first-order valence-corrected chi connectivity index (χ1v) is 7.46. The Morgan fingerprint density at radius 1 is 0.955 bits per heavy atom. The number of rotatable bonds is 2. The van der Waals surface area contributed by atoms with Crippen molar-refractivity contribution in [1.29, 1.82) is 0 Å². The molecule has 0 spiro atoms. The summed E-state index contributed by atoms with van der Waals surface area (Å²) >= 11 is 6.12. The van der Waals surface area contributed by atoms with Crippen LogP contribution in [0.4, 0.5) is 11.8 Å². The molecule has 0 atom stereocenters. The van der Waals surface area contributed by atoms with E-state index < -0.39 is 0 Å². The van der Waals surface area contributed by atoms with Crippen LogP contribution in [0.1, 0.15) is 0 Å². The van der Waals surface area contributed by atoms with Crippen molar-refractivity contribution in [3.63, 3.8) is 0 Å². The average Bonchev–Trinajstić information content (AvgIpc) is 3.03. The number of fused-ring (bicyclic) bond motifs is 1. The second-order valence-corrected chi connectivity index (χ2v) is 5.45. The Hall–Kier alpha value is -2.41. The van der Waals surface area contributed by atoms with E-state index in [1.807, 2.05) is 22.7 Å². The second-order valence-electron chi connectivity index (χ2n) is 5.06. The number of anilines is 2. The molecule has 1 aliphatic rings. The molecule has 4 heterocycles. The minimum Gasteiger partial charge on any atom is -0.353 e. The van der Waals surface area contributed by atoms with E-state index in [1.54, 1.807) is 18.6 Å². The molecule has 8 heteroatoms. The summed E-state index contributed by atoms with van der Waals surface area (Å²) in [5.74, 6) is 1.74. The lowest BCUT2D eigenvalue weighted by atomic mass is 10.3. The number of hydrogen-bond donors (Lipinski definition) is 0. The molecule has 3 aromatic rings. The van der Waals surface area contributed by atoms with Gasteiger partial charge in [0.1, 0.15) is 11.0 Å². The van der Waals surface area contributed by atoms with Gasteiger partial charge in [-0.3, -0.25) is 0 Å². The molecular weight excluding hydrogens is 302 g/mol. The van der Waals surface area contributed by atoms with Gasteiger partial charge < -0.3 is 9.80 Å². The molecule has 7 nitrogen and oxygen atoms in total. The van der Waals surface area contributed by atoms with Crippen LogP contribution in [0, 0.1) is 0 Å². The highest BCUT2D eigenvalue weighted by molar-refractivity contribution is 6.29. The molecule has 1 saturated heterocycles. The van der Waals surface area contributed by atoms with Crippen LogP contribution in [0.15, 0.2) is 36.8 Å². The van der Waals surface area contributed by atoms with Gasteiger partial charge in [-0.25, -0.2) is 15.0 Å². The van der Waals surface area contributed by atoms with E-state index in [0.717, 1.165) is 43.6 Å². The van der Waals surface area contributed by atoms with E-state index in [1.165, 1.54) is 0 Å². The van der Waals surface area contributed by atoms with Crippen molar-refractivity contribution in [1.82, 2.24) is 24.6 Å². The Labute approximate surface area is 132 Å². The van der Waals surface area contributed by atoms with Gasteiger partial charge in [-0.1, -0.05) is 11.6 Å². The molecule has 0 aliphatic carbocycles. The number of aromatic nitrogens is 5. The topological polar surface area (TPSA) is 62.5 Å². The lowest BCUT2D eigenvalue weighted by molar-refractivity contribution is 0.627. The highest BCUT2D eigenvalue weighted by Crippen LogP contribution is 2.22. The smallest absolute Gasteiger partial charge is 0.225 e. The highest BCUT2D eigenvalue weighted by Gasteiger charge is 2.21. The number of hydrogen-bond acceptors (Lipinski definition) is 6. The van der Waals surface area contributed by atoms with Crippen molar-refractivity contribution in [2.24, 2.45) is 0 Å². The molecule has 4 rings (SSSR count). The predicted octanol–water partition coefficient (Wildman–Crippen LogP) is 1.50. The Bertz CT molecular complexity index is 780. The van der Waals surface area contributed by atoms with Crippen LogP contribution in [0.5, 0.6) is 0 Å². The van der Waals surface area contributed by atoms with E-state index in [-0.39, 0.29) is 0 Å². The van der Waals surface area contributed by atoms with Crippen LogP contribution in [-0.4, -0.2) is 50.7 Å². The van der Waals surface area contributed by atoms with E-state index in [4.69, 9.17) is 11.6 Å². The molecule has 0 N–H and O–H groups in total. The summed E-state index contributed by atoms with van der Waals surface area (Å²) in [7, 11) is 0. The summed E-state index contributed by atoms with van der Waals surface area (Å²) in [5.41, 5.74) is 0.760. The fourth-order valence-corrected chi connectivity index (χ4v) is 2.87. The zero-order valence-corrected chi connectivity index (χ0v) is 12.6. The molecule has 3 aromatic heterocycles. The summed E-state index contributed by atoms with van der Waals surface area (Å²) in [5, 5.41) is 4.81. The zero-order chi connectivity index (χ0) is 14.9. The Balaban J connectivity index is 1.57. The van der Waals surface area contributed by atoms with Gasteiger partial charge in [-0.15, -0.1) is 0 Å². The molecule has 0 aromatic carbocycles. The second kappa shape index (κ2) is 5.42. The minimum absolute atomic E-state index is 0.483. The van der Waals surface area contributed by atoms with Gasteiger partial charge in [0.2, 0.25) is 5.95 Å². The molecule has 1 aliphatic heterocycles. The molecule has 0 amide bonds. The normalized spacial score (nSPS) is 15.5. The average molecular weight is 316 g/mol. The maximum atomic E-state index is 6.12. The van der Waals surface area contributed by atoms with Gasteiger partial charge in [-0.05, 0) is 6.07 Å². The van der Waals surface area contributed by atoms with Crippen LogP contribution in [-0.2, 0) is 0 Å². The zero-order valence-electron chi connectivity index (χ0n) is 11.8. The van der Waals surface area contributed by atoms with Crippen LogP contribution in [0.2, 0.25) is 5.15 Å². The quantitative estimate of drug-likeness (QED) is 0.668. The van der Waals surface area contributed by atoms with Gasteiger partial charge in [0.15, 0.2) is 5.65 Å². The minimum atomic E-state index is 0.483. The maximum Gasteiger partial charge on any atom is 0.225 e. The Morgan fingerprint density at radius 3 is 2.45 bits per heavy atom. The highest BCUT2D eigenvalue weighted by atomic mass is 35.5. The molecule has 112 valence electrons. The van der Waals surface area contributed by atoms with Crippen molar-refractivity contribution in [2.75, 3.05) is 36.0 Å². The van der Waals surface area contributed by atoms with Crippen molar-refractivity contribution in [3.05, 3.63) is 41.9 Å². The lowest BCUT2D eigenvalue weighted by Gasteiger charge is -2.35. The fraction of sp³-hybridized carbons (Fsp3) is 0.286. The van der Waals surface area contributed by atoms with Gasteiger partial charge in [0.25, 0.3) is 0 Å². The van der Waals surface area contributed by atoms with Crippen molar-refractivity contribution in [2.45, 2.75) is 0 Å².